The van der Waals surface area contributed by atoms with Crippen LogP contribution >= 0.6 is 0 Å². The smallest absolute Gasteiger partial charge is 0.216 e. The van der Waals surface area contributed by atoms with Crippen molar-refractivity contribution >= 4 is 0 Å². The summed E-state index contributed by atoms with van der Waals surface area (Å²) in [6.07, 6.45) is 1.09. The summed E-state index contributed by atoms with van der Waals surface area (Å²) in [4.78, 5) is 3.64. The van der Waals surface area contributed by atoms with Crippen molar-refractivity contribution in [2.24, 2.45) is 0 Å². The van der Waals surface area contributed by atoms with Gasteiger partial charge in [-0.1, -0.05) is 0 Å². The quantitative estimate of drug-likeness (QED) is 0.588. The molecule has 0 spiro atoms. The lowest BCUT2D eigenvalue weighted by atomic mass is 10.3. The van der Waals surface area contributed by atoms with Crippen LogP contribution in [0.15, 0.2) is 12.3 Å². The molecule has 0 atom stereocenters. The monoisotopic (exact) mass is 140 g/mol. The van der Waals surface area contributed by atoms with Gasteiger partial charge in [0.1, 0.15) is 5.82 Å². The van der Waals surface area contributed by atoms with Crippen LogP contribution in [-0.2, 0) is 0 Å². The molecule has 0 unspecified atom stereocenters. The van der Waals surface area contributed by atoms with Crippen LogP contribution in [0.25, 0.3) is 0 Å². The van der Waals surface area contributed by atoms with Crippen molar-refractivity contribution < 1.29 is 9.13 Å². The van der Waals surface area contributed by atoms with Gasteiger partial charge in [0.2, 0.25) is 5.88 Å². The van der Waals surface area contributed by atoms with Crippen LogP contribution in [0.1, 0.15) is 5.56 Å². The molecule has 0 saturated heterocycles. The van der Waals surface area contributed by atoms with E-state index in [0.29, 0.717) is 11.4 Å². The molecule has 1 radical (unpaired) electrons. The molecule has 0 bridgehead atoms. The van der Waals surface area contributed by atoms with E-state index in [1.165, 1.54) is 13.2 Å². The van der Waals surface area contributed by atoms with E-state index in [1.807, 2.05) is 0 Å². The lowest BCUT2D eigenvalue weighted by Crippen LogP contribution is -1.91. The molecule has 1 heterocycles. The van der Waals surface area contributed by atoms with E-state index < -0.39 is 5.82 Å². The first kappa shape index (κ1) is 6.99. The number of ether oxygens (including phenoxy) is 1. The van der Waals surface area contributed by atoms with Gasteiger partial charge < -0.3 is 4.74 Å². The van der Waals surface area contributed by atoms with Crippen molar-refractivity contribution in [2.75, 3.05) is 7.11 Å². The third-order valence-electron chi connectivity index (χ3n) is 1.09. The molecule has 1 aromatic heterocycles. The van der Waals surface area contributed by atoms with Gasteiger partial charge in [-0.05, 0) is 13.0 Å². The Bertz CT molecular complexity index is 237. The number of methoxy groups -OCH3 is 1. The van der Waals surface area contributed by atoms with Gasteiger partial charge in [-0.3, -0.25) is 0 Å². The first-order valence-corrected chi connectivity index (χ1v) is 2.75. The van der Waals surface area contributed by atoms with Gasteiger partial charge in [0.25, 0.3) is 0 Å². The first-order chi connectivity index (χ1) is 4.74. The number of hydrogen-bond acceptors (Lipinski definition) is 2. The first-order valence-electron chi connectivity index (χ1n) is 2.75. The minimum absolute atomic E-state index is 0.362. The van der Waals surface area contributed by atoms with E-state index in [1.54, 1.807) is 0 Å². The molecular weight excluding hydrogens is 133 g/mol. The summed E-state index contributed by atoms with van der Waals surface area (Å²) in [7, 11) is 1.47. The van der Waals surface area contributed by atoms with Gasteiger partial charge in [-0.25, -0.2) is 9.37 Å². The summed E-state index contributed by atoms with van der Waals surface area (Å²) < 4.78 is 17.1. The zero-order chi connectivity index (χ0) is 7.56. The van der Waals surface area contributed by atoms with Gasteiger partial charge >= 0.3 is 0 Å². The highest BCUT2D eigenvalue weighted by Crippen LogP contribution is 2.12. The van der Waals surface area contributed by atoms with Crippen LogP contribution in [0.3, 0.4) is 0 Å². The topological polar surface area (TPSA) is 22.1 Å². The van der Waals surface area contributed by atoms with Crippen molar-refractivity contribution in [3.63, 3.8) is 0 Å². The maximum absolute atomic E-state index is 12.3. The summed E-state index contributed by atoms with van der Waals surface area (Å²) in [5, 5.41) is 0. The summed E-state index contributed by atoms with van der Waals surface area (Å²) in [5.41, 5.74) is 0.461. The highest BCUT2D eigenvalue weighted by Gasteiger charge is 1.98. The lowest BCUT2D eigenvalue weighted by molar-refractivity contribution is 0.394. The van der Waals surface area contributed by atoms with Crippen molar-refractivity contribution in [1.82, 2.24) is 4.98 Å². The summed E-state index contributed by atoms with van der Waals surface area (Å²) >= 11 is 0. The Hall–Kier alpha value is -1.12. The third-order valence-corrected chi connectivity index (χ3v) is 1.09. The zero-order valence-corrected chi connectivity index (χ0v) is 5.60. The van der Waals surface area contributed by atoms with Gasteiger partial charge in [-0.15, -0.1) is 0 Å². The van der Waals surface area contributed by atoms with Gasteiger partial charge in [0.15, 0.2) is 0 Å². The molecule has 0 amide bonds. The lowest BCUT2D eigenvalue weighted by Gasteiger charge is -2.00. The normalized spacial score (nSPS) is 9.50. The summed E-state index contributed by atoms with van der Waals surface area (Å²) in [6.45, 7) is 3.52. The number of hydrogen-bond donors (Lipinski definition) is 0. The van der Waals surface area contributed by atoms with E-state index in [9.17, 15) is 4.39 Å². The number of nitrogens with zero attached hydrogens (tertiary/aromatic N) is 1. The SMILES string of the molecule is [CH2]c1cc(F)cnc1OC. The van der Waals surface area contributed by atoms with Crippen LogP contribution in [0.5, 0.6) is 5.88 Å². The third kappa shape index (κ3) is 1.23. The second-order valence-electron chi connectivity index (χ2n) is 1.82. The van der Waals surface area contributed by atoms with E-state index in [4.69, 9.17) is 4.74 Å². The Morgan fingerprint density at radius 1 is 1.70 bits per heavy atom. The van der Waals surface area contributed by atoms with E-state index >= 15 is 0 Å². The minimum Gasteiger partial charge on any atom is -0.481 e. The molecule has 0 fully saturated rings. The molecule has 0 N–H and O–H groups in total. The molecule has 3 heteroatoms. The molecule has 0 saturated carbocycles. The Balaban J connectivity index is 3.07. The Morgan fingerprint density at radius 2 is 2.40 bits per heavy atom. The number of pyridine rings is 1. The maximum Gasteiger partial charge on any atom is 0.216 e. The van der Waals surface area contributed by atoms with Gasteiger partial charge in [0, 0.05) is 5.56 Å². The van der Waals surface area contributed by atoms with Gasteiger partial charge in [0.05, 0.1) is 13.3 Å². The van der Waals surface area contributed by atoms with Crippen LogP contribution in [0, 0.1) is 12.7 Å². The van der Waals surface area contributed by atoms with Crippen LogP contribution in [0.2, 0.25) is 0 Å². The Kier molecular flexibility index (Phi) is 1.85. The Morgan fingerprint density at radius 3 is 2.90 bits per heavy atom. The molecule has 0 aliphatic heterocycles. The fourth-order valence-corrected chi connectivity index (χ4v) is 0.652. The molecule has 1 rings (SSSR count). The molecule has 0 aromatic carbocycles. The largest absolute Gasteiger partial charge is 0.481 e. The van der Waals surface area contributed by atoms with E-state index in [0.717, 1.165) is 6.20 Å². The van der Waals surface area contributed by atoms with Crippen LogP contribution < -0.4 is 4.74 Å². The molecule has 10 heavy (non-hydrogen) atoms. The fraction of sp³-hybridized carbons (Fsp3) is 0.143. The van der Waals surface area contributed by atoms with Crippen molar-refractivity contribution in [1.29, 1.82) is 0 Å². The van der Waals surface area contributed by atoms with Crippen LogP contribution in [0.4, 0.5) is 4.39 Å². The summed E-state index contributed by atoms with van der Waals surface area (Å²) in [5.74, 6) is -0.0350. The molecular formula is C7H7FNO. The second-order valence-corrected chi connectivity index (χ2v) is 1.82. The number of halogens is 1. The predicted molar refractivity (Wildman–Crippen MR) is 35.2 cm³/mol. The van der Waals surface area contributed by atoms with Crippen molar-refractivity contribution in [3.8, 4) is 5.88 Å². The molecule has 0 aliphatic rings. The van der Waals surface area contributed by atoms with Crippen LogP contribution in [-0.4, -0.2) is 12.1 Å². The van der Waals surface area contributed by atoms with Crippen molar-refractivity contribution in [2.45, 2.75) is 0 Å². The second kappa shape index (κ2) is 2.64. The highest BCUT2D eigenvalue weighted by atomic mass is 19.1. The number of rotatable bonds is 1. The van der Waals surface area contributed by atoms with E-state index in [2.05, 4.69) is 11.9 Å². The molecule has 2 nitrogen and oxygen atoms in total. The zero-order valence-electron chi connectivity index (χ0n) is 5.60. The average Bonchev–Trinajstić information content (AvgIpc) is 1.88. The molecule has 53 valence electrons. The average molecular weight is 140 g/mol. The minimum atomic E-state index is -0.397. The predicted octanol–water partition coefficient (Wildman–Crippen LogP) is 1.41. The van der Waals surface area contributed by atoms with E-state index in [-0.39, 0.29) is 0 Å². The standard InChI is InChI=1S/C7H7FNO/c1-5-3-6(8)4-9-7(5)10-2/h3-4H,1H2,2H3. The molecule has 1 aromatic rings. The fourth-order valence-electron chi connectivity index (χ4n) is 0.652. The highest BCUT2D eigenvalue weighted by molar-refractivity contribution is 5.28. The molecule has 0 aliphatic carbocycles. The van der Waals surface area contributed by atoms with Gasteiger partial charge in [-0.2, -0.15) is 0 Å². The number of aromatic nitrogens is 1. The summed E-state index contributed by atoms with van der Waals surface area (Å²) in [6, 6.07) is 1.27. The Labute approximate surface area is 58.7 Å². The van der Waals surface area contributed by atoms with Crippen molar-refractivity contribution in [3.05, 3.63) is 30.6 Å². The maximum atomic E-state index is 12.3.